The molecule has 1 aliphatic rings. The van der Waals surface area contributed by atoms with Gasteiger partial charge >= 0.3 is 6.09 Å². The minimum absolute atomic E-state index is 0.0996. The number of rotatable bonds is 1. The van der Waals surface area contributed by atoms with Crippen molar-refractivity contribution < 1.29 is 9.53 Å². The van der Waals surface area contributed by atoms with E-state index in [2.05, 4.69) is 0 Å². The molecule has 88 valence electrons. The van der Waals surface area contributed by atoms with Crippen LogP contribution in [0.25, 0.3) is 0 Å². The molecule has 2 atom stereocenters. The number of likely N-dealkylation sites (N-methyl/N-ethyl adjacent to an activating group) is 1. The molecule has 0 aromatic carbocycles. The van der Waals surface area contributed by atoms with E-state index in [1.807, 2.05) is 20.8 Å². The Hall–Kier alpha value is -0.770. The molecule has 0 spiro atoms. The Morgan fingerprint density at radius 2 is 2.00 bits per heavy atom. The van der Waals surface area contributed by atoms with Crippen molar-refractivity contribution in [2.75, 3.05) is 7.05 Å². The lowest BCUT2D eigenvalue weighted by molar-refractivity contribution is 0.0214. The average molecular weight is 214 g/mol. The topological polar surface area (TPSA) is 55.6 Å². The van der Waals surface area contributed by atoms with Gasteiger partial charge in [0.1, 0.15) is 5.60 Å². The van der Waals surface area contributed by atoms with Crippen molar-refractivity contribution in [1.82, 2.24) is 4.90 Å². The van der Waals surface area contributed by atoms with Gasteiger partial charge in [-0.3, -0.25) is 0 Å². The smallest absolute Gasteiger partial charge is 0.410 e. The SMILES string of the molecule is CN(C(=O)OC(C)(C)C)[C@@H]1CCC[C@@H]1N. The van der Waals surface area contributed by atoms with Crippen molar-refractivity contribution in [2.45, 2.75) is 57.7 Å². The van der Waals surface area contributed by atoms with Crippen LogP contribution in [0.1, 0.15) is 40.0 Å². The van der Waals surface area contributed by atoms with Crippen molar-refractivity contribution in [1.29, 1.82) is 0 Å². The molecular formula is C11H22N2O2. The number of hydrogen-bond donors (Lipinski definition) is 1. The highest BCUT2D eigenvalue weighted by atomic mass is 16.6. The number of carbonyl (C=O) groups excluding carboxylic acids is 1. The zero-order valence-corrected chi connectivity index (χ0v) is 10.1. The number of ether oxygens (including phenoxy) is 1. The Morgan fingerprint density at radius 1 is 1.40 bits per heavy atom. The summed E-state index contributed by atoms with van der Waals surface area (Å²) >= 11 is 0. The summed E-state index contributed by atoms with van der Waals surface area (Å²) in [7, 11) is 1.77. The summed E-state index contributed by atoms with van der Waals surface area (Å²) in [5, 5.41) is 0. The van der Waals surface area contributed by atoms with Gasteiger partial charge in [0.05, 0.1) is 0 Å². The van der Waals surface area contributed by atoms with Crippen LogP contribution in [-0.4, -0.2) is 35.7 Å². The molecule has 0 unspecified atom stereocenters. The van der Waals surface area contributed by atoms with E-state index < -0.39 is 5.60 Å². The molecule has 0 bridgehead atoms. The van der Waals surface area contributed by atoms with Crippen LogP contribution in [0.4, 0.5) is 4.79 Å². The van der Waals surface area contributed by atoms with Crippen LogP contribution in [0.5, 0.6) is 0 Å². The number of amides is 1. The highest BCUT2D eigenvalue weighted by Crippen LogP contribution is 2.23. The third-order valence-corrected chi connectivity index (χ3v) is 2.71. The third-order valence-electron chi connectivity index (χ3n) is 2.71. The Morgan fingerprint density at radius 3 is 2.40 bits per heavy atom. The molecule has 0 heterocycles. The zero-order valence-electron chi connectivity index (χ0n) is 10.1. The second-order valence-electron chi connectivity index (χ2n) is 5.25. The molecule has 2 N–H and O–H groups in total. The maximum atomic E-state index is 11.7. The van der Waals surface area contributed by atoms with Gasteiger partial charge in [-0.25, -0.2) is 4.79 Å². The van der Waals surface area contributed by atoms with Crippen LogP contribution < -0.4 is 5.73 Å². The minimum atomic E-state index is -0.436. The predicted octanol–water partition coefficient (Wildman–Crippen LogP) is 1.73. The van der Waals surface area contributed by atoms with Crippen LogP contribution in [0.2, 0.25) is 0 Å². The van der Waals surface area contributed by atoms with Crippen LogP contribution in [0.15, 0.2) is 0 Å². The van der Waals surface area contributed by atoms with Crippen LogP contribution in [0, 0.1) is 0 Å². The van der Waals surface area contributed by atoms with E-state index in [1.165, 1.54) is 0 Å². The standard InChI is InChI=1S/C11H22N2O2/c1-11(2,3)15-10(14)13(4)9-7-5-6-8(9)12/h8-9H,5-7,12H2,1-4H3/t8-,9+/m0/s1. The summed E-state index contributed by atoms with van der Waals surface area (Å²) in [5.74, 6) is 0. The fourth-order valence-electron chi connectivity index (χ4n) is 1.92. The first-order chi connectivity index (χ1) is 6.81. The second-order valence-corrected chi connectivity index (χ2v) is 5.25. The molecule has 0 saturated heterocycles. The predicted molar refractivity (Wildman–Crippen MR) is 59.6 cm³/mol. The minimum Gasteiger partial charge on any atom is -0.444 e. The Bertz CT molecular complexity index is 235. The van der Waals surface area contributed by atoms with Crippen molar-refractivity contribution in [3.63, 3.8) is 0 Å². The summed E-state index contributed by atoms with van der Waals surface area (Å²) in [4.78, 5) is 13.4. The normalized spacial score (nSPS) is 26.5. The van der Waals surface area contributed by atoms with Gasteiger partial charge in [-0.1, -0.05) is 0 Å². The van der Waals surface area contributed by atoms with Gasteiger partial charge < -0.3 is 15.4 Å². The molecule has 4 heteroatoms. The van der Waals surface area contributed by atoms with E-state index in [4.69, 9.17) is 10.5 Å². The highest BCUT2D eigenvalue weighted by Gasteiger charge is 2.32. The van der Waals surface area contributed by atoms with Crippen molar-refractivity contribution in [3.05, 3.63) is 0 Å². The molecule has 0 radical (unpaired) electrons. The first kappa shape index (κ1) is 12.3. The lowest BCUT2D eigenvalue weighted by atomic mass is 10.1. The summed E-state index contributed by atoms with van der Waals surface area (Å²) in [6.45, 7) is 5.61. The number of nitrogens with two attached hydrogens (primary N) is 1. The van der Waals surface area contributed by atoms with Gasteiger partial charge in [-0.05, 0) is 40.0 Å². The van der Waals surface area contributed by atoms with E-state index in [-0.39, 0.29) is 18.2 Å². The number of nitrogens with zero attached hydrogens (tertiary/aromatic N) is 1. The first-order valence-electron chi connectivity index (χ1n) is 5.52. The fourth-order valence-corrected chi connectivity index (χ4v) is 1.92. The molecule has 4 nitrogen and oxygen atoms in total. The Labute approximate surface area is 91.8 Å². The molecular weight excluding hydrogens is 192 g/mol. The first-order valence-corrected chi connectivity index (χ1v) is 5.52. The van der Waals surface area contributed by atoms with Crippen LogP contribution >= 0.6 is 0 Å². The highest BCUT2D eigenvalue weighted by molar-refractivity contribution is 5.68. The molecule has 0 aromatic heterocycles. The number of carbonyl (C=O) groups is 1. The third kappa shape index (κ3) is 3.38. The monoisotopic (exact) mass is 214 g/mol. The van der Waals surface area contributed by atoms with E-state index in [0.717, 1.165) is 19.3 Å². The van der Waals surface area contributed by atoms with Gasteiger partial charge in [0.15, 0.2) is 0 Å². The average Bonchev–Trinajstić information content (AvgIpc) is 2.47. The molecule has 15 heavy (non-hydrogen) atoms. The number of hydrogen-bond acceptors (Lipinski definition) is 3. The van der Waals surface area contributed by atoms with E-state index >= 15 is 0 Å². The maximum absolute atomic E-state index is 11.7. The van der Waals surface area contributed by atoms with E-state index in [0.29, 0.717) is 0 Å². The Kier molecular flexibility index (Phi) is 3.60. The van der Waals surface area contributed by atoms with E-state index in [9.17, 15) is 4.79 Å². The van der Waals surface area contributed by atoms with Gasteiger partial charge in [0.2, 0.25) is 0 Å². The molecule has 1 amide bonds. The van der Waals surface area contributed by atoms with Crippen LogP contribution in [0.3, 0.4) is 0 Å². The molecule has 1 saturated carbocycles. The molecule has 1 rings (SSSR count). The zero-order chi connectivity index (χ0) is 11.6. The largest absolute Gasteiger partial charge is 0.444 e. The van der Waals surface area contributed by atoms with Crippen molar-refractivity contribution >= 4 is 6.09 Å². The lowest BCUT2D eigenvalue weighted by Crippen LogP contribution is -2.47. The van der Waals surface area contributed by atoms with Crippen molar-refractivity contribution in [2.24, 2.45) is 5.73 Å². The lowest BCUT2D eigenvalue weighted by Gasteiger charge is -2.30. The summed E-state index contributed by atoms with van der Waals surface area (Å²) in [6, 6.07) is 0.238. The van der Waals surface area contributed by atoms with Crippen LogP contribution in [-0.2, 0) is 4.74 Å². The molecule has 0 aromatic rings. The van der Waals surface area contributed by atoms with Gasteiger partial charge in [-0.15, -0.1) is 0 Å². The van der Waals surface area contributed by atoms with Gasteiger partial charge in [0, 0.05) is 19.1 Å². The summed E-state index contributed by atoms with van der Waals surface area (Å²) in [5.41, 5.74) is 5.50. The fraction of sp³-hybridized carbons (Fsp3) is 0.909. The summed E-state index contributed by atoms with van der Waals surface area (Å²) in [6.07, 6.45) is 2.80. The summed E-state index contributed by atoms with van der Waals surface area (Å²) < 4.78 is 5.29. The molecule has 1 fully saturated rings. The molecule has 0 aliphatic heterocycles. The maximum Gasteiger partial charge on any atom is 0.410 e. The van der Waals surface area contributed by atoms with Gasteiger partial charge in [0.25, 0.3) is 0 Å². The van der Waals surface area contributed by atoms with E-state index in [1.54, 1.807) is 11.9 Å². The Balaban J connectivity index is 2.52. The second kappa shape index (κ2) is 4.39. The van der Waals surface area contributed by atoms with Gasteiger partial charge in [-0.2, -0.15) is 0 Å². The molecule has 1 aliphatic carbocycles. The van der Waals surface area contributed by atoms with Crippen molar-refractivity contribution in [3.8, 4) is 0 Å². The quantitative estimate of drug-likeness (QED) is 0.723.